The van der Waals surface area contributed by atoms with Crippen molar-refractivity contribution in [2.45, 2.75) is 45.7 Å². The second-order valence-corrected chi connectivity index (χ2v) is 6.42. The predicted octanol–water partition coefficient (Wildman–Crippen LogP) is 2.33. The lowest BCUT2D eigenvalue weighted by molar-refractivity contribution is 0.206. The fourth-order valence-electron chi connectivity index (χ4n) is 3.15. The minimum absolute atomic E-state index is 0.164. The van der Waals surface area contributed by atoms with E-state index in [2.05, 4.69) is 34.4 Å². The van der Waals surface area contributed by atoms with Crippen LogP contribution in [0.5, 0.6) is 11.5 Å². The van der Waals surface area contributed by atoms with E-state index >= 15 is 0 Å². The molecule has 25 heavy (non-hydrogen) atoms. The van der Waals surface area contributed by atoms with Crippen molar-refractivity contribution in [1.82, 2.24) is 15.5 Å². The molecule has 0 aliphatic carbocycles. The third kappa shape index (κ3) is 5.81. The number of hydrogen-bond donors (Lipinski definition) is 3. The van der Waals surface area contributed by atoms with E-state index in [1.165, 1.54) is 13.0 Å². The average Bonchev–Trinajstić information content (AvgIpc) is 2.62. The van der Waals surface area contributed by atoms with Crippen LogP contribution in [-0.4, -0.2) is 55.3 Å². The summed E-state index contributed by atoms with van der Waals surface area (Å²) in [6.07, 6.45) is 3.48. The maximum atomic E-state index is 10.2. The highest BCUT2D eigenvalue weighted by molar-refractivity contribution is 5.80. The lowest BCUT2D eigenvalue weighted by Gasteiger charge is -2.32. The smallest absolute Gasteiger partial charge is 0.191 e. The quantitative estimate of drug-likeness (QED) is 0.521. The van der Waals surface area contributed by atoms with Gasteiger partial charge in [0.1, 0.15) is 0 Å². The topological polar surface area (TPSA) is 69.1 Å². The summed E-state index contributed by atoms with van der Waals surface area (Å²) in [6, 6.07) is 5.93. The lowest BCUT2D eigenvalue weighted by Crippen LogP contribution is -2.48. The molecule has 1 aliphatic rings. The Hall–Kier alpha value is -1.95. The van der Waals surface area contributed by atoms with E-state index in [9.17, 15) is 5.11 Å². The summed E-state index contributed by atoms with van der Waals surface area (Å²) in [5.41, 5.74) is 0.759. The molecule has 140 valence electrons. The Balaban J connectivity index is 1.95. The number of piperidine rings is 1. The van der Waals surface area contributed by atoms with Gasteiger partial charge < -0.3 is 25.4 Å². The summed E-state index contributed by atoms with van der Waals surface area (Å²) >= 11 is 0. The molecule has 0 atom stereocenters. The van der Waals surface area contributed by atoms with Gasteiger partial charge in [0.2, 0.25) is 0 Å². The molecule has 0 amide bonds. The van der Waals surface area contributed by atoms with Gasteiger partial charge in [-0.25, -0.2) is 4.99 Å². The second-order valence-electron chi connectivity index (χ2n) is 6.42. The van der Waals surface area contributed by atoms with Crippen LogP contribution >= 0.6 is 0 Å². The monoisotopic (exact) mass is 348 g/mol. The summed E-state index contributed by atoms with van der Waals surface area (Å²) in [7, 11) is 1.55. The Kier molecular flexibility index (Phi) is 7.85. The van der Waals surface area contributed by atoms with Crippen LogP contribution < -0.4 is 15.4 Å². The summed E-state index contributed by atoms with van der Waals surface area (Å²) in [6.45, 7) is 8.98. The number of benzene rings is 1. The van der Waals surface area contributed by atoms with Crippen LogP contribution in [0.25, 0.3) is 0 Å². The van der Waals surface area contributed by atoms with Gasteiger partial charge >= 0.3 is 0 Å². The molecule has 1 fully saturated rings. The fraction of sp³-hybridized carbons (Fsp3) is 0.632. The number of para-hydroxylation sites is 1. The van der Waals surface area contributed by atoms with E-state index < -0.39 is 0 Å². The Bertz CT molecular complexity index is 554. The zero-order valence-electron chi connectivity index (χ0n) is 15.7. The third-order valence-corrected chi connectivity index (χ3v) is 4.52. The van der Waals surface area contributed by atoms with Crippen molar-refractivity contribution in [2.24, 2.45) is 4.99 Å². The highest BCUT2D eigenvalue weighted by Gasteiger charge is 2.19. The molecule has 1 heterocycles. The number of aliphatic imine (C=N–C) groups is 1. The largest absolute Gasteiger partial charge is 0.504 e. The van der Waals surface area contributed by atoms with E-state index in [4.69, 9.17) is 4.74 Å². The molecule has 1 aromatic rings. The standard InChI is InChI=1S/C19H32N4O2/c1-4-11-23-12-9-16(10-13-23)22-19(20-5-2)21-14-15-7-6-8-17(25-3)18(15)24/h6-8,16,24H,4-5,9-14H2,1-3H3,(H2,20,21,22). The molecule has 2 rings (SSSR count). The fourth-order valence-corrected chi connectivity index (χ4v) is 3.15. The maximum absolute atomic E-state index is 10.2. The number of phenolic OH excluding ortho intramolecular Hbond substituents is 1. The van der Waals surface area contributed by atoms with E-state index in [0.717, 1.165) is 44.0 Å². The van der Waals surface area contributed by atoms with Gasteiger partial charge in [0, 0.05) is 31.2 Å². The van der Waals surface area contributed by atoms with Crippen LogP contribution in [0.1, 0.15) is 38.7 Å². The van der Waals surface area contributed by atoms with Gasteiger partial charge in [0.05, 0.1) is 13.7 Å². The number of hydrogen-bond acceptors (Lipinski definition) is 4. The number of methoxy groups -OCH3 is 1. The molecule has 0 bridgehead atoms. The van der Waals surface area contributed by atoms with Crippen molar-refractivity contribution in [1.29, 1.82) is 0 Å². The van der Waals surface area contributed by atoms with Crippen molar-refractivity contribution in [3.05, 3.63) is 23.8 Å². The minimum atomic E-state index is 0.164. The minimum Gasteiger partial charge on any atom is -0.504 e. The molecule has 1 aliphatic heterocycles. The number of guanidine groups is 1. The van der Waals surface area contributed by atoms with Crippen molar-refractivity contribution in [3.63, 3.8) is 0 Å². The second kappa shape index (κ2) is 10.1. The van der Waals surface area contributed by atoms with Gasteiger partial charge in [-0.1, -0.05) is 19.1 Å². The molecule has 3 N–H and O–H groups in total. The Labute approximate surface area is 151 Å². The molecule has 0 unspecified atom stereocenters. The zero-order valence-corrected chi connectivity index (χ0v) is 15.7. The van der Waals surface area contributed by atoms with Crippen molar-refractivity contribution in [3.8, 4) is 11.5 Å². The number of likely N-dealkylation sites (tertiary alicyclic amines) is 1. The molecule has 6 nitrogen and oxygen atoms in total. The van der Waals surface area contributed by atoms with Gasteiger partial charge in [-0.15, -0.1) is 0 Å². The van der Waals surface area contributed by atoms with Crippen LogP contribution in [0.2, 0.25) is 0 Å². The Morgan fingerprint density at radius 2 is 2.08 bits per heavy atom. The van der Waals surface area contributed by atoms with Gasteiger partial charge in [0.25, 0.3) is 0 Å². The summed E-state index contributed by atoms with van der Waals surface area (Å²) in [5.74, 6) is 1.45. The van der Waals surface area contributed by atoms with Crippen LogP contribution in [-0.2, 0) is 6.54 Å². The number of aromatic hydroxyl groups is 1. The molecule has 6 heteroatoms. The van der Waals surface area contributed by atoms with Crippen LogP contribution in [0.15, 0.2) is 23.2 Å². The highest BCUT2D eigenvalue weighted by atomic mass is 16.5. The van der Waals surface area contributed by atoms with E-state index in [1.54, 1.807) is 13.2 Å². The first-order valence-electron chi connectivity index (χ1n) is 9.30. The summed E-state index contributed by atoms with van der Waals surface area (Å²) in [4.78, 5) is 7.16. The van der Waals surface area contributed by atoms with Gasteiger partial charge in [-0.3, -0.25) is 0 Å². The predicted molar refractivity (Wildman–Crippen MR) is 102 cm³/mol. The van der Waals surface area contributed by atoms with Crippen LogP contribution in [0, 0.1) is 0 Å². The molecule has 1 aromatic carbocycles. The summed E-state index contributed by atoms with van der Waals surface area (Å²) < 4.78 is 5.16. The highest BCUT2D eigenvalue weighted by Crippen LogP contribution is 2.29. The number of ether oxygens (including phenoxy) is 1. The van der Waals surface area contributed by atoms with Crippen molar-refractivity contribution in [2.75, 3.05) is 33.3 Å². The summed E-state index contributed by atoms with van der Waals surface area (Å²) in [5, 5.41) is 17.0. The first-order chi connectivity index (χ1) is 12.2. The Morgan fingerprint density at radius 3 is 2.72 bits per heavy atom. The van der Waals surface area contributed by atoms with Gasteiger partial charge in [-0.05, 0) is 38.8 Å². The Morgan fingerprint density at radius 1 is 1.32 bits per heavy atom. The van der Waals surface area contributed by atoms with Crippen LogP contribution in [0.3, 0.4) is 0 Å². The molecule has 1 saturated heterocycles. The van der Waals surface area contributed by atoms with E-state index in [-0.39, 0.29) is 5.75 Å². The van der Waals surface area contributed by atoms with Gasteiger partial charge in [0.15, 0.2) is 17.5 Å². The molecule has 0 spiro atoms. The maximum Gasteiger partial charge on any atom is 0.191 e. The number of rotatable bonds is 7. The van der Waals surface area contributed by atoms with E-state index in [0.29, 0.717) is 18.3 Å². The van der Waals surface area contributed by atoms with E-state index in [1.807, 2.05) is 12.1 Å². The van der Waals surface area contributed by atoms with Crippen LogP contribution in [0.4, 0.5) is 0 Å². The SMILES string of the molecule is CCCN1CCC(NC(=NCc2cccc(OC)c2O)NCC)CC1. The first kappa shape index (κ1) is 19.4. The average molecular weight is 348 g/mol. The number of nitrogens with one attached hydrogen (secondary N) is 2. The zero-order chi connectivity index (χ0) is 18.1. The molecular formula is C19H32N4O2. The third-order valence-electron chi connectivity index (χ3n) is 4.52. The molecule has 0 radical (unpaired) electrons. The first-order valence-corrected chi connectivity index (χ1v) is 9.30. The van der Waals surface area contributed by atoms with Gasteiger partial charge in [-0.2, -0.15) is 0 Å². The number of nitrogens with zero attached hydrogens (tertiary/aromatic N) is 2. The number of phenols is 1. The molecule has 0 aromatic heterocycles. The molecule has 0 saturated carbocycles. The normalized spacial score (nSPS) is 16.7. The van der Waals surface area contributed by atoms with Crippen molar-refractivity contribution >= 4 is 5.96 Å². The van der Waals surface area contributed by atoms with Crippen molar-refractivity contribution < 1.29 is 9.84 Å². The molecular weight excluding hydrogens is 316 g/mol. The lowest BCUT2D eigenvalue weighted by atomic mass is 10.1.